The fourth-order valence-electron chi connectivity index (χ4n) is 1.82. The number of nitrogens with zero attached hydrogens (tertiary/aromatic N) is 2. The van der Waals surface area contributed by atoms with Gasteiger partial charge in [-0.2, -0.15) is 4.37 Å². The molecule has 0 aliphatic heterocycles. The Morgan fingerprint density at radius 3 is 2.43 bits per heavy atom. The Labute approximate surface area is 126 Å². The number of carbonyl (C=O) groups is 1. The number of aromatic nitrogens is 2. The summed E-state index contributed by atoms with van der Waals surface area (Å²) < 4.78 is 17.2. The molecule has 0 spiro atoms. The van der Waals surface area contributed by atoms with Crippen molar-refractivity contribution in [1.82, 2.24) is 9.36 Å². The summed E-state index contributed by atoms with van der Waals surface area (Å²) in [7, 11) is 0. The number of rotatable bonds is 4. The van der Waals surface area contributed by atoms with Crippen molar-refractivity contribution in [1.29, 1.82) is 0 Å². The lowest BCUT2D eigenvalue weighted by atomic mass is 9.95. The van der Waals surface area contributed by atoms with E-state index in [1.54, 1.807) is 12.1 Å². The Morgan fingerprint density at radius 1 is 1.33 bits per heavy atom. The Balaban J connectivity index is 2.25. The van der Waals surface area contributed by atoms with Crippen LogP contribution < -0.4 is 0 Å². The SMILES string of the molecule is CC(C)(C)c1nsc(C(Cc2ccc(F)cc2)C(=O)O)n1. The summed E-state index contributed by atoms with van der Waals surface area (Å²) in [5.74, 6) is -1.40. The highest BCUT2D eigenvalue weighted by atomic mass is 32.1. The molecule has 2 rings (SSSR count). The maximum atomic E-state index is 12.9. The van der Waals surface area contributed by atoms with E-state index in [1.165, 1.54) is 12.1 Å². The van der Waals surface area contributed by atoms with Crippen LogP contribution in [0.3, 0.4) is 0 Å². The van der Waals surface area contributed by atoms with E-state index < -0.39 is 11.9 Å². The van der Waals surface area contributed by atoms with E-state index in [0.717, 1.165) is 17.1 Å². The van der Waals surface area contributed by atoms with Crippen LogP contribution in [0.2, 0.25) is 0 Å². The van der Waals surface area contributed by atoms with E-state index in [1.807, 2.05) is 20.8 Å². The lowest BCUT2D eigenvalue weighted by Gasteiger charge is -2.13. The van der Waals surface area contributed by atoms with E-state index in [9.17, 15) is 14.3 Å². The Morgan fingerprint density at radius 2 is 1.95 bits per heavy atom. The number of halogens is 1. The number of carboxylic acid groups (broad SMARTS) is 1. The molecule has 21 heavy (non-hydrogen) atoms. The first-order chi connectivity index (χ1) is 9.77. The Kier molecular flexibility index (Phi) is 4.37. The van der Waals surface area contributed by atoms with E-state index >= 15 is 0 Å². The van der Waals surface area contributed by atoms with Crippen molar-refractivity contribution >= 4 is 17.5 Å². The molecule has 112 valence electrons. The van der Waals surface area contributed by atoms with Gasteiger partial charge in [0.25, 0.3) is 0 Å². The van der Waals surface area contributed by atoms with Crippen LogP contribution in [-0.4, -0.2) is 20.4 Å². The van der Waals surface area contributed by atoms with E-state index in [0.29, 0.717) is 10.8 Å². The van der Waals surface area contributed by atoms with Crippen LogP contribution in [0.5, 0.6) is 0 Å². The Hall–Kier alpha value is -1.82. The van der Waals surface area contributed by atoms with Gasteiger partial charge in [-0.25, -0.2) is 9.37 Å². The third-order valence-corrected chi connectivity index (χ3v) is 3.89. The fourth-order valence-corrected chi connectivity index (χ4v) is 2.75. The van der Waals surface area contributed by atoms with Gasteiger partial charge in [0.15, 0.2) is 0 Å². The minimum absolute atomic E-state index is 0.215. The van der Waals surface area contributed by atoms with Crippen molar-refractivity contribution in [3.05, 3.63) is 46.5 Å². The van der Waals surface area contributed by atoms with Crippen molar-refractivity contribution in [2.75, 3.05) is 0 Å². The van der Waals surface area contributed by atoms with E-state index in [-0.39, 0.29) is 17.7 Å². The normalized spacial score (nSPS) is 13.1. The van der Waals surface area contributed by atoms with Gasteiger partial charge in [0.05, 0.1) is 0 Å². The third-order valence-electron chi connectivity index (χ3n) is 3.06. The first kappa shape index (κ1) is 15.6. The molecule has 0 radical (unpaired) electrons. The summed E-state index contributed by atoms with van der Waals surface area (Å²) >= 11 is 1.12. The molecule has 0 saturated carbocycles. The highest BCUT2D eigenvalue weighted by molar-refractivity contribution is 7.05. The standard InChI is InChI=1S/C15H17FN2O2S/c1-15(2,3)14-17-12(21-18-14)11(13(19)20)8-9-4-6-10(16)7-5-9/h4-7,11H,8H2,1-3H3,(H,19,20). The van der Waals surface area contributed by atoms with E-state index in [4.69, 9.17) is 0 Å². The predicted octanol–water partition coefficient (Wildman–Crippen LogP) is 3.39. The van der Waals surface area contributed by atoms with Crippen LogP contribution in [0, 0.1) is 5.82 Å². The second kappa shape index (κ2) is 5.89. The fraction of sp³-hybridized carbons (Fsp3) is 0.400. The van der Waals surface area contributed by atoms with Crippen molar-refractivity contribution in [3.63, 3.8) is 0 Å². The van der Waals surface area contributed by atoms with Gasteiger partial charge in [-0.05, 0) is 35.6 Å². The molecule has 1 N–H and O–H groups in total. The highest BCUT2D eigenvalue weighted by Gasteiger charge is 2.27. The summed E-state index contributed by atoms with van der Waals surface area (Å²) in [5, 5.41) is 9.90. The topological polar surface area (TPSA) is 63.1 Å². The van der Waals surface area contributed by atoms with Gasteiger partial charge < -0.3 is 5.11 Å². The molecular weight excluding hydrogens is 291 g/mol. The zero-order chi connectivity index (χ0) is 15.6. The molecule has 0 aliphatic carbocycles. The van der Waals surface area contributed by atoms with Crippen LogP contribution in [0.25, 0.3) is 0 Å². The first-order valence-corrected chi connectivity index (χ1v) is 7.36. The van der Waals surface area contributed by atoms with Gasteiger partial charge in [0.2, 0.25) is 0 Å². The molecule has 1 atom stereocenters. The van der Waals surface area contributed by atoms with Crippen LogP contribution in [0.15, 0.2) is 24.3 Å². The van der Waals surface area contributed by atoms with Gasteiger partial charge in [-0.3, -0.25) is 4.79 Å². The van der Waals surface area contributed by atoms with Crippen LogP contribution in [0.4, 0.5) is 4.39 Å². The molecule has 0 aliphatic rings. The maximum Gasteiger partial charge on any atom is 0.313 e. The number of aliphatic carboxylic acids is 1. The number of carboxylic acids is 1. The van der Waals surface area contributed by atoms with Gasteiger partial charge in [0.1, 0.15) is 22.6 Å². The molecule has 1 aromatic carbocycles. The second-order valence-corrected chi connectivity index (χ2v) is 6.71. The van der Waals surface area contributed by atoms with Gasteiger partial charge in [-0.15, -0.1) is 0 Å². The monoisotopic (exact) mass is 308 g/mol. The molecular formula is C15H17FN2O2S. The quantitative estimate of drug-likeness (QED) is 0.940. The molecule has 1 aromatic heterocycles. The largest absolute Gasteiger partial charge is 0.481 e. The molecule has 1 unspecified atom stereocenters. The van der Waals surface area contributed by atoms with Crippen LogP contribution in [0.1, 0.15) is 43.1 Å². The lowest BCUT2D eigenvalue weighted by Crippen LogP contribution is -2.16. The average Bonchev–Trinajstić information content (AvgIpc) is 2.87. The predicted molar refractivity (Wildman–Crippen MR) is 79.1 cm³/mol. The molecule has 0 fully saturated rings. The Bertz CT molecular complexity index is 632. The highest BCUT2D eigenvalue weighted by Crippen LogP contribution is 2.27. The average molecular weight is 308 g/mol. The minimum Gasteiger partial charge on any atom is -0.481 e. The summed E-state index contributed by atoms with van der Waals surface area (Å²) in [5.41, 5.74) is 0.546. The van der Waals surface area contributed by atoms with Gasteiger partial charge in [0, 0.05) is 5.41 Å². The lowest BCUT2D eigenvalue weighted by molar-refractivity contribution is -0.138. The van der Waals surface area contributed by atoms with Gasteiger partial charge >= 0.3 is 5.97 Å². The van der Waals surface area contributed by atoms with Gasteiger partial charge in [-0.1, -0.05) is 32.9 Å². The minimum atomic E-state index is -0.948. The first-order valence-electron chi connectivity index (χ1n) is 6.58. The smallest absolute Gasteiger partial charge is 0.313 e. The summed E-state index contributed by atoms with van der Waals surface area (Å²) in [4.78, 5) is 15.9. The molecule has 0 amide bonds. The van der Waals surface area contributed by atoms with E-state index in [2.05, 4.69) is 9.36 Å². The molecule has 1 heterocycles. The van der Waals surface area contributed by atoms with Crippen molar-refractivity contribution in [2.45, 2.75) is 38.5 Å². The molecule has 0 saturated heterocycles. The maximum absolute atomic E-state index is 12.9. The summed E-state index contributed by atoms with van der Waals surface area (Å²) in [6, 6.07) is 5.85. The van der Waals surface area contributed by atoms with Crippen molar-refractivity contribution < 1.29 is 14.3 Å². The number of hydrogen-bond donors (Lipinski definition) is 1. The number of benzene rings is 1. The zero-order valence-corrected chi connectivity index (χ0v) is 12.9. The van der Waals surface area contributed by atoms with Crippen molar-refractivity contribution in [2.24, 2.45) is 0 Å². The molecule has 2 aromatic rings. The third kappa shape index (κ3) is 3.85. The summed E-state index contributed by atoms with van der Waals surface area (Å²) in [6.07, 6.45) is 0.272. The van der Waals surface area contributed by atoms with Crippen LogP contribution in [-0.2, 0) is 16.6 Å². The van der Waals surface area contributed by atoms with Crippen molar-refractivity contribution in [3.8, 4) is 0 Å². The number of hydrogen-bond acceptors (Lipinski definition) is 4. The molecule has 0 bridgehead atoms. The zero-order valence-electron chi connectivity index (χ0n) is 12.1. The summed E-state index contributed by atoms with van der Waals surface area (Å²) in [6.45, 7) is 5.94. The molecule has 4 nitrogen and oxygen atoms in total. The van der Waals surface area contributed by atoms with Crippen LogP contribution >= 0.6 is 11.5 Å². The molecule has 6 heteroatoms. The second-order valence-electron chi connectivity index (χ2n) is 5.93.